The van der Waals surface area contributed by atoms with E-state index in [-0.39, 0.29) is 17.9 Å². The lowest BCUT2D eigenvalue weighted by molar-refractivity contribution is -0.137. The van der Waals surface area contributed by atoms with Crippen LogP contribution in [0.1, 0.15) is 27.0 Å². The van der Waals surface area contributed by atoms with Crippen LogP contribution in [0.5, 0.6) is 11.6 Å². The topological polar surface area (TPSA) is 115 Å². The average Bonchev–Trinajstić information content (AvgIpc) is 2.83. The van der Waals surface area contributed by atoms with Gasteiger partial charge in [-0.25, -0.2) is 4.98 Å². The predicted molar refractivity (Wildman–Crippen MR) is 126 cm³/mol. The summed E-state index contributed by atoms with van der Waals surface area (Å²) in [4.78, 5) is 43.6. The maximum atomic E-state index is 13.1. The molecular formula is C26H26N4O4. The second-order valence-corrected chi connectivity index (χ2v) is 8.32. The average molecular weight is 459 g/mol. The summed E-state index contributed by atoms with van der Waals surface area (Å²) < 4.78 is 5.97. The zero-order valence-electron chi connectivity index (χ0n) is 18.9. The summed E-state index contributed by atoms with van der Waals surface area (Å²) >= 11 is 0. The van der Waals surface area contributed by atoms with Crippen LogP contribution in [0.4, 0.5) is 0 Å². The molecule has 34 heavy (non-hydrogen) atoms. The molecule has 1 atom stereocenters. The molecule has 2 heterocycles. The van der Waals surface area contributed by atoms with Crippen LogP contribution in [-0.2, 0) is 29.0 Å². The minimum Gasteiger partial charge on any atom is -0.438 e. The molecule has 2 amide bonds. The molecule has 8 nitrogen and oxygen atoms in total. The van der Waals surface area contributed by atoms with Crippen molar-refractivity contribution in [3.63, 3.8) is 0 Å². The highest BCUT2D eigenvalue weighted by atomic mass is 16.5. The van der Waals surface area contributed by atoms with E-state index in [1.165, 1.54) is 17.3 Å². The van der Waals surface area contributed by atoms with Gasteiger partial charge in [0.05, 0.1) is 0 Å². The van der Waals surface area contributed by atoms with Gasteiger partial charge >= 0.3 is 0 Å². The Bertz CT molecular complexity index is 1210. The minimum absolute atomic E-state index is 0.106. The largest absolute Gasteiger partial charge is 0.438 e. The van der Waals surface area contributed by atoms with Crippen molar-refractivity contribution in [3.05, 3.63) is 89.1 Å². The lowest BCUT2D eigenvalue weighted by Crippen LogP contribution is -2.47. The first kappa shape index (κ1) is 23.1. The van der Waals surface area contributed by atoms with E-state index in [2.05, 4.69) is 22.2 Å². The lowest BCUT2D eigenvalue weighted by Gasteiger charge is -2.25. The maximum Gasteiger partial charge on any atom is 0.287 e. The van der Waals surface area contributed by atoms with Gasteiger partial charge in [0.15, 0.2) is 0 Å². The molecule has 3 N–H and O–H groups in total. The van der Waals surface area contributed by atoms with Crippen LogP contribution in [0.3, 0.4) is 0 Å². The summed E-state index contributed by atoms with van der Waals surface area (Å²) in [6.07, 6.45) is 2.62. The van der Waals surface area contributed by atoms with Crippen LogP contribution < -0.4 is 15.8 Å². The van der Waals surface area contributed by atoms with E-state index >= 15 is 0 Å². The molecule has 0 bridgehead atoms. The van der Waals surface area contributed by atoms with Gasteiger partial charge < -0.3 is 20.7 Å². The molecule has 8 heteroatoms. The maximum absolute atomic E-state index is 13.1. The number of Topliss-reactive ketones (excluding diaryl/α,β-unsaturated/α-hetero) is 1. The van der Waals surface area contributed by atoms with Gasteiger partial charge in [-0.15, -0.1) is 0 Å². The Labute approximate surface area is 197 Å². The zero-order valence-corrected chi connectivity index (χ0v) is 18.9. The number of hydrogen-bond acceptors (Lipinski definition) is 6. The van der Waals surface area contributed by atoms with Crippen molar-refractivity contribution >= 4 is 17.6 Å². The second-order valence-electron chi connectivity index (χ2n) is 8.32. The first-order valence-corrected chi connectivity index (χ1v) is 11.0. The number of nitrogens with one attached hydrogen (secondary N) is 1. The standard InChI is InChI=1S/C26H26N4O4/c1-30-13-11-18-9-10-20(15-19(18)16-30)34-26-21(8-5-12-28-26)25(33)29-22(23(31)24(27)32)14-17-6-3-2-4-7-17/h2-10,12,15,22H,11,13-14,16H2,1H3,(H2,27,32)(H,29,33). The summed E-state index contributed by atoms with van der Waals surface area (Å²) in [5, 5.41) is 2.63. The molecule has 0 fully saturated rings. The fourth-order valence-electron chi connectivity index (χ4n) is 3.96. The number of hydrogen-bond donors (Lipinski definition) is 2. The van der Waals surface area contributed by atoms with Crippen LogP contribution in [0, 0.1) is 0 Å². The van der Waals surface area contributed by atoms with Gasteiger partial charge in [-0.2, -0.15) is 0 Å². The Hall–Kier alpha value is -4.04. The van der Waals surface area contributed by atoms with Crippen LogP contribution >= 0.6 is 0 Å². The molecule has 0 radical (unpaired) electrons. The highest BCUT2D eigenvalue weighted by Crippen LogP contribution is 2.28. The number of ketones is 1. The van der Waals surface area contributed by atoms with Crippen molar-refractivity contribution in [1.29, 1.82) is 0 Å². The van der Waals surface area contributed by atoms with Gasteiger partial charge in [0.1, 0.15) is 17.4 Å². The number of primary amides is 1. The molecular weight excluding hydrogens is 432 g/mol. The van der Waals surface area contributed by atoms with E-state index in [4.69, 9.17) is 10.5 Å². The zero-order chi connectivity index (χ0) is 24.1. The Morgan fingerprint density at radius 2 is 1.88 bits per heavy atom. The van der Waals surface area contributed by atoms with Crippen molar-refractivity contribution in [3.8, 4) is 11.6 Å². The third kappa shape index (κ3) is 5.47. The number of carbonyl (C=O) groups excluding carboxylic acids is 3. The summed E-state index contributed by atoms with van der Waals surface area (Å²) in [7, 11) is 2.07. The van der Waals surface area contributed by atoms with Gasteiger partial charge in [0.25, 0.3) is 11.8 Å². The molecule has 0 spiro atoms. The number of benzene rings is 2. The molecule has 1 aliphatic rings. The smallest absolute Gasteiger partial charge is 0.287 e. The van der Waals surface area contributed by atoms with Crippen molar-refractivity contribution < 1.29 is 19.1 Å². The molecule has 0 saturated carbocycles. The van der Waals surface area contributed by atoms with Crippen molar-refractivity contribution in [2.45, 2.75) is 25.4 Å². The molecule has 1 aliphatic heterocycles. The number of carbonyl (C=O) groups is 3. The summed E-state index contributed by atoms with van der Waals surface area (Å²) in [5.74, 6) is -1.90. The van der Waals surface area contributed by atoms with Gasteiger partial charge in [-0.1, -0.05) is 36.4 Å². The predicted octanol–water partition coefficient (Wildman–Crippen LogP) is 2.26. The first-order valence-electron chi connectivity index (χ1n) is 11.0. The quantitative estimate of drug-likeness (QED) is 0.501. The third-order valence-electron chi connectivity index (χ3n) is 5.76. The summed E-state index contributed by atoms with van der Waals surface area (Å²) in [5.41, 5.74) is 8.60. The van der Waals surface area contributed by atoms with E-state index in [0.29, 0.717) is 5.75 Å². The summed E-state index contributed by atoms with van der Waals surface area (Å²) in [6.45, 7) is 1.82. The Morgan fingerprint density at radius 1 is 1.09 bits per heavy atom. The van der Waals surface area contributed by atoms with E-state index in [1.54, 1.807) is 24.3 Å². The fourth-order valence-corrected chi connectivity index (χ4v) is 3.96. The second kappa shape index (κ2) is 10.3. The Balaban J connectivity index is 1.55. The number of rotatable bonds is 8. The van der Waals surface area contributed by atoms with E-state index in [1.807, 2.05) is 36.4 Å². The SMILES string of the molecule is CN1CCc2ccc(Oc3ncccc3C(=O)NC(Cc3ccccc3)C(=O)C(N)=O)cc2C1. The molecule has 4 rings (SSSR count). The van der Waals surface area contributed by atoms with E-state index in [0.717, 1.165) is 25.1 Å². The van der Waals surface area contributed by atoms with Gasteiger partial charge in [0, 0.05) is 25.7 Å². The lowest BCUT2D eigenvalue weighted by atomic mass is 10.00. The molecule has 0 saturated heterocycles. The molecule has 174 valence electrons. The number of amides is 2. The van der Waals surface area contributed by atoms with Gasteiger partial charge in [0.2, 0.25) is 11.7 Å². The normalized spacial score (nSPS) is 14.0. The van der Waals surface area contributed by atoms with Crippen LogP contribution in [-0.4, -0.2) is 47.1 Å². The van der Waals surface area contributed by atoms with Crippen LogP contribution in [0.25, 0.3) is 0 Å². The fraction of sp³-hybridized carbons (Fsp3) is 0.231. The monoisotopic (exact) mass is 458 g/mol. The molecule has 1 aromatic heterocycles. The Kier molecular flexibility index (Phi) is 6.98. The van der Waals surface area contributed by atoms with Crippen molar-refractivity contribution in [1.82, 2.24) is 15.2 Å². The Morgan fingerprint density at radius 3 is 2.65 bits per heavy atom. The molecule has 3 aromatic rings. The van der Waals surface area contributed by atoms with Gasteiger partial charge in [-0.3, -0.25) is 14.4 Å². The van der Waals surface area contributed by atoms with Gasteiger partial charge in [-0.05, 0) is 54.4 Å². The van der Waals surface area contributed by atoms with E-state index in [9.17, 15) is 14.4 Å². The van der Waals surface area contributed by atoms with Crippen LogP contribution in [0.2, 0.25) is 0 Å². The number of likely N-dealkylation sites (N-methyl/N-ethyl adjacent to an activating group) is 1. The number of ether oxygens (including phenoxy) is 1. The first-order chi connectivity index (χ1) is 16.4. The molecule has 2 aromatic carbocycles. The number of pyridine rings is 1. The third-order valence-corrected chi connectivity index (χ3v) is 5.76. The molecule has 1 unspecified atom stereocenters. The van der Waals surface area contributed by atoms with Crippen LogP contribution in [0.15, 0.2) is 66.9 Å². The van der Waals surface area contributed by atoms with Crippen molar-refractivity contribution in [2.24, 2.45) is 5.73 Å². The summed E-state index contributed by atoms with van der Waals surface area (Å²) in [6, 6.07) is 17.0. The van der Waals surface area contributed by atoms with Crippen molar-refractivity contribution in [2.75, 3.05) is 13.6 Å². The highest BCUT2D eigenvalue weighted by Gasteiger charge is 2.27. The number of aromatic nitrogens is 1. The molecule has 0 aliphatic carbocycles. The minimum atomic E-state index is -1.11. The number of nitrogens with zero attached hydrogens (tertiary/aromatic N) is 2. The highest BCUT2D eigenvalue weighted by molar-refractivity contribution is 6.38. The number of nitrogens with two attached hydrogens (primary N) is 1. The number of fused-ring (bicyclic) bond motifs is 1. The van der Waals surface area contributed by atoms with E-state index < -0.39 is 23.6 Å².